The average molecular weight is 263 g/mol. The lowest BCUT2D eigenvalue weighted by molar-refractivity contribution is -0.119. The van der Waals surface area contributed by atoms with Gasteiger partial charge in [0.05, 0.1) is 13.2 Å². The van der Waals surface area contributed by atoms with Crippen molar-refractivity contribution in [3.63, 3.8) is 0 Å². The van der Waals surface area contributed by atoms with Crippen LogP contribution in [0.1, 0.15) is 18.5 Å². The van der Waals surface area contributed by atoms with Crippen LogP contribution < -0.4 is 10.5 Å². The number of pyridine rings is 1. The van der Waals surface area contributed by atoms with Crippen molar-refractivity contribution in [2.75, 3.05) is 26.2 Å². The number of carbonyl (C=O) groups excluding carboxylic acids is 1. The second kappa shape index (κ2) is 6.52. The zero-order valence-corrected chi connectivity index (χ0v) is 11.3. The van der Waals surface area contributed by atoms with Crippen molar-refractivity contribution in [1.29, 1.82) is 0 Å². The van der Waals surface area contributed by atoms with E-state index in [1.54, 1.807) is 6.20 Å². The van der Waals surface area contributed by atoms with E-state index in [-0.39, 0.29) is 5.91 Å². The summed E-state index contributed by atoms with van der Waals surface area (Å²) in [6.07, 6.45) is 3.99. The molecule has 1 fully saturated rings. The maximum absolute atomic E-state index is 10.9. The Balaban J connectivity index is 1.81. The van der Waals surface area contributed by atoms with E-state index in [1.807, 2.05) is 19.1 Å². The Bertz CT molecular complexity index is 436. The van der Waals surface area contributed by atoms with Gasteiger partial charge in [-0.05, 0) is 32.4 Å². The second-order valence-electron chi connectivity index (χ2n) is 5.15. The molecule has 1 aromatic heterocycles. The number of piperidine rings is 1. The minimum atomic E-state index is -0.258. The predicted octanol–water partition coefficient (Wildman–Crippen LogP) is 0.966. The molecule has 5 nitrogen and oxygen atoms in total. The lowest BCUT2D eigenvalue weighted by atomic mass is 9.99. The van der Waals surface area contributed by atoms with Crippen LogP contribution in [0.15, 0.2) is 18.3 Å². The Morgan fingerprint density at radius 3 is 3.21 bits per heavy atom. The van der Waals surface area contributed by atoms with Gasteiger partial charge in [0.1, 0.15) is 5.75 Å². The first-order chi connectivity index (χ1) is 9.13. The molecule has 2 heterocycles. The van der Waals surface area contributed by atoms with Gasteiger partial charge < -0.3 is 10.5 Å². The molecule has 0 saturated carbocycles. The van der Waals surface area contributed by atoms with E-state index in [0.717, 1.165) is 37.4 Å². The van der Waals surface area contributed by atoms with Gasteiger partial charge >= 0.3 is 0 Å². The fraction of sp³-hybridized carbons (Fsp3) is 0.571. The smallest absolute Gasteiger partial charge is 0.231 e. The van der Waals surface area contributed by atoms with Crippen molar-refractivity contribution in [3.8, 4) is 5.75 Å². The number of aryl methyl sites for hydroxylation is 1. The zero-order chi connectivity index (χ0) is 13.7. The molecule has 1 amide bonds. The van der Waals surface area contributed by atoms with Crippen LogP contribution in [0.25, 0.3) is 0 Å². The molecule has 1 aliphatic rings. The predicted molar refractivity (Wildman–Crippen MR) is 72.8 cm³/mol. The number of hydrogen-bond acceptors (Lipinski definition) is 4. The fourth-order valence-electron chi connectivity index (χ4n) is 2.47. The van der Waals surface area contributed by atoms with Crippen LogP contribution in [0.4, 0.5) is 0 Å². The molecule has 0 spiro atoms. The summed E-state index contributed by atoms with van der Waals surface area (Å²) >= 11 is 0. The molecule has 0 radical (unpaired) electrons. The van der Waals surface area contributed by atoms with Crippen LogP contribution in [0, 0.1) is 12.8 Å². The van der Waals surface area contributed by atoms with Gasteiger partial charge in [0.2, 0.25) is 5.91 Å². The number of primary amides is 1. The number of aromatic nitrogens is 1. The molecule has 5 heteroatoms. The van der Waals surface area contributed by atoms with Crippen LogP contribution >= 0.6 is 0 Å². The highest BCUT2D eigenvalue weighted by Crippen LogP contribution is 2.18. The van der Waals surface area contributed by atoms with Gasteiger partial charge in [-0.15, -0.1) is 0 Å². The number of nitrogens with two attached hydrogens (primary N) is 1. The van der Waals surface area contributed by atoms with Crippen LogP contribution in [0.5, 0.6) is 5.75 Å². The lowest BCUT2D eigenvalue weighted by Crippen LogP contribution is -2.42. The number of nitrogens with zero attached hydrogens (tertiary/aromatic N) is 2. The highest BCUT2D eigenvalue weighted by molar-refractivity contribution is 5.75. The topological polar surface area (TPSA) is 68.5 Å². The summed E-state index contributed by atoms with van der Waals surface area (Å²) in [7, 11) is 0. The summed E-state index contributed by atoms with van der Waals surface area (Å²) in [5.74, 6) is 1.06. The number of amides is 1. The number of likely N-dealkylation sites (tertiary alicyclic amines) is 1. The molecule has 0 bridgehead atoms. The van der Waals surface area contributed by atoms with Crippen molar-refractivity contribution >= 4 is 5.91 Å². The van der Waals surface area contributed by atoms with Gasteiger partial charge in [0.25, 0.3) is 0 Å². The van der Waals surface area contributed by atoms with Crippen molar-refractivity contribution in [2.24, 2.45) is 11.7 Å². The van der Waals surface area contributed by atoms with Gasteiger partial charge in [-0.25, -0.2) is 0 Å². The van der Waals surface area contributed by atoms with Gasteiger partial charge in [0.15, 0.2) is 0 Å². The van der Waals surface area contributed by atoms with Crippen LogP contribution in [0.3, 0.4) is 0 Å². The highest BCUT2D eigenvalue weighted by Gasteiger charge is 2.21. The summed E-state index contributed by atoms with van der Waals surface area (Å²) < 4.78 is 5.80. The van der Waals surface area contributed by atoms with E-state index in [9.17, 15) is 4.79 Å². The molecular formula is C14H21N3O2. The van der Waals surface area contributed by atoms with E-state index in [2.05, 4.69) is 9.88 Å². The molecular weight excluding hydrogens is 242 g/mol. The molecule has 104 valence electrons. The first-order valence-corrected chi connectivity index (χ1v) is 6.69. The number of hydrogen-bond donors (Lipinski definition) is 1. The molecule has 0 aliphatic carbocycles. The first kappa shape index (κ1) is 13.8. The summed E-state index contributed by atoms with van der Waals surface area (Å²) in [5.41, 5.74) is 6.19. The van der Waals surface area contributed by atoms with E-state index in [0.29, 0.717) is 19.1 Å². The van der Waals surface area contributed by atoms with Crippen molar-refractivity contribution in [1.82, 2.24) is 9.88 Å². The third-order valence-electron chi connectivity index (χ3n) is 3.34. The normalized spacial score (nSPS) is 20.2. The van der Waals surface area contributed by atoms with Crippen molar-refractivity contribution in [3.05, 3.63) is 24.0 Å². The summed E-state index contributed by atoms with van der Waals surface area (Å²) in [4.78, 5) is 17.2. The largest absolute Gasteiger partial charge is 0.493 e. The second-order valence-corrected chi connectivity index (χ2v) is 5.15. The van der Waals surface area contributed by atoms with Gasteiger partial charge in [-0.1, -0.05) is 0 Å². The van der Waals surface area contributed by atoms with E-state index < -0.39 is 0 Å². The molecule has 1 aromatic rings. The third kappa shape index (κ3) is 4.52. The molecule has 1 saturated heterocycles. The van der Waals surface area contributed by atoms with E-state index in [4.69, 9.17) is 10.5 Å². The molecule has 19 heavy (non-hydrogen) atoms. The van der Waals surface area contributed by atoms with Crippen LogP contribution in [-0.2, 0) is 4.79 Å². The van der Waals surface area contributed by atoms with E-state index >= 15 is 0 Å². The molecule has 0 aromatic carbocycles. The minimum absolute atomic E-state index is 0.258. The molecule has 1 unspecified atom stereocenters. The molecule has 1 aliphatic heterocycles. The summed E-state index contributed by atoms with van der Waals surface area (Å²) in [6, 6.07) is 3.81. The Labute approximate surface area is 113 Å². The van der Waals surface area contributed by atoms with E-state index in [1.165, 1.54) is 0 Å². The number of ether oxygens (including phenoxy) is 1. The third-order valence-corrected chi connectivity index (χ3v) is 3.34. The minimum Gasteiger partial charge on any atom is -0.493 e. The Morgan fingerprint density at radius 2 is 2.47 bits per heavy atom. The standard InChI is InChI=1S/C14H21N3O2/c1-11-7-13(4-5-16-11)19-10-12-3-2-6-17(8-12)9-14(15)18/h4-5,7,12H,2-3,6,8-10H2,1H3,(H2,15,18). The van der Waals surface area contributed by atoms with Gasteiger partial charge in [-0.2, -0.15) is 0 Å². The summed E-state index contributed by atoms with van der Waals surface area (Å²) in [6.45, 7) is 4.81. The maximum Gasteiger partial charge on any atom is 0.231 e. The van der Waals surface area contributed by atoms with Crippen LogP contribution in [-0.4, -0.2) is 42.0 Å². The molecule has 2 N–H and O–H groups in total. The highest BCUT2D eigenvalue weighted by atomic mass is 16.5. The monoisotopic (exact) mass is 263 g/mol. The Hall–Kier alpha value is -1.62. The Kier molecular flexibility index (Phi) is 4.74. The maximum atomic E-state index is 10.9. The van der Waals surface area contributed by atoms with Gasteiger partial charge in [-0.3, -0.25) is 14.7 Å². The number of rotatable bonds is 5. The van der Waals surface area contributed by atoms with Crippen molar-refractivity contribution < 1.29 is 9.53 Å². The van der Waals surface area contributed by atoms with Crippen molar-refractivity contribution in [2.45, 2.75) is 19.8 Å². The Morgan fingerprint density at radius 1 is 1.63 bits per heavy atom. The fourth-order valence-corrected chi connectivity index (χ4v) is 2.47. The SMILES string of the molecule is Cc1cc(OCC2CCCN(CC(N)=O)C2)ccn1. The lowest BCUT2D eigenvalue weighted by Gasteiger charge is -2.31. The summed E-state index contributed by atoms with van der Waals surface area (Å²) in [5, 5.41) is 0. The average Bonchev–Trinajstić information content (AvgIpc) is 2.36. The quantitative estimate of drug-likeness (QED) is 0.859. The van der Waals surface area contributed by atoms with Crippen LogP contribution in [0.2, 0.25) is 0 Å². The molecule has 1 atom stereocenters. The van der Waals surface area contributed by atoms with Gasteiger partial charge in [0, 0.05) is 30.4 Å². The number of carbonyl (C=O) groups is 1. The molecule has 2 rings (SSSR count). The first-order valence-electron chi connectivity index (χ1n) is 6.69. The zero-order valence-electron chi connectivity index (χ0n) is 11.3.